The quantitative estimate of drug-likeness (QED) is 0.391. The first-order valence-corrected chi connectivity index (χ1v) is 14.2. The van der Waals surface area contributed by atoms with Crippen molar-refractivity contribution >= 4 is 38.3 Å². The van der Waals surface area contributed by atoms with Crippen molar-refractivity contribution in [3.05, 3.63) is 41.2 Å². The van der Waals surface area contributed by atoms with E-state index in [4.69, 9.17) is 19.4 Å². The number of thiophene rings is 1. The van der Waals surface area contributed by atoms with Crippen molar-refractivity contribution < 1.29 is 13.9 Å². The zero-order chi connectivity index (χ0) is 24.8. The van der Waals surface area contributed by atoms with Gasteiger partial charge >= 0.3 is 0 Å². The van der Waals surface area contributed by atoms with Gasteiger partial charge in [0, 0.05) is 61.3 Å². The number of rotatable bonds is 4. The van der Waals surface area contributed by atoms with E-state index in [1.165, 1.54) is 30.2 Å². The van der Waals surface area contributed by atoms with E-state index in [0.717, 1.165) is 79.1 Å². The SMILES string of the molecule is Fc1ccc2[nH]ccc2c1-c1nc(N2CCOCC2)c2sc(CN3CCC4(CCCCO4)CC3)cc2n1. The van der Waals surface area contributed by atoms with E-state index in [1.807, 2.05) is 12.3 Å². The molecule has 3 aromatic heterocycles. The molecule has 0 atom stereocenters. The normalized spacial score (nSPS) is 20.8. The van der Waals surface area contributed by atoms with E-state index < -0.39 is 0 Å². The van der Waals surface area contributed by atoms with Gasteiger partial charge in [-0.05, 0) is 56.4 Å². The number of nitrogens with zero attached hydrogens (tertiary/aromatic N) is 4. The zero-order valence-corrected chi connectivity index (χ0v) is 21.8. The van der Waals surface area contributed by atoms with Crippen molar-refractivity contribution in [1.29, 1.82) is 0 Å². The molecule has 3 fully saturated rings. The lowest BCUT2D eigenvalue weighted by atomic mass is 9.84. The Balaban J connectivity index is 1.23. The molecule has 4 aromatic rings. The van der Waals surface area contributed by atoms with E-state index in [2.05, 4.69) is 20.9 Å². The van der Waals surface area contributed by atoms with Gasteiger partial charge < -0.3 is 19.4 Å². The summed E-state index contributed by atoms with van der Waals surface area (Å²) >= 11 is 1.77. The number of fused-ring (bicyclic) bond motifs is 2. The third-order valence-electron chi connectivity index (χ3n) is 8.20. The lowest BCUT2D eigenvalue weighted by Crippen LogP contribution is -2.47. The van der Waals surface area contributed by atoms with Gasteiger partial charge in [-0.25, -0.2) is 14.4 Å². The number of likely N-dealkylation sites (tertiary alicyclic amines) is 1. The number of hydrogen-bond donors (Lipinski definition) is 1. The molecule has 1 N–H and O–H groups in total. The molecule has 194 valence electrons. The molecular weight excluding hydrogens is 489 g/mol. The number of ether oxygens (including phenoxy) is 2. The average Bonchev–Trinajstić information content (AvgIpc) is 3.57. The molecule has 7 rings (SSSR count). The number of halogens is 1. The summed E-state index contributed by atoms with van der Waals surface area (Å²) in [6.07, 6.45) is 7.75. The molecule has 3 aliphatic heterocycles. The fourth-order valence-corrected chi connectivity index (χ4v) is 7.28. The van der Waals surface area contributed by atoms with Crippen molar-refractivity contribution in [2.75, 3.05) is 50.9 Å². The van der Waals surface area contributed by atoms with E-state index in [0.29, 0.717) is 24.6 Å². The summed E-state index contributed by atoms with van der Waals surface area (Å²) in [5.74, 6) is 1.03. The predicted octanol–water partition coefficient (Wildman–Crippen LogP) is 5.35. The van der Waals surface area contributed by atoms with E-state index in [-0.39, 0.29) is 11.4 Å². The van der Waals surface area contributed by atoms with E-state index in [9.17, 15) is 0 Å². The smallest absolute Gasteiger partial charge is 0.165 e. The van der Waals surface area contributed by atoms with E-state index >= 15 is 4.39 Å². The molecule has 0 bridgehead atoms. The summed E-state index contributed by atoms with van der Waals surface area (Å²) in [6.45, 7) is 6.80. The minimum atomic E-state index is -0.304. The monoisotopic (exact) mass is 521 g/mol. The number of H-pyrrole nitrogens is 1. The summed E-state index contributed by atoms with van der Waals surface area (Å²) in [7, 11) is 0. The highest BCUT2D eigenvalue weighted by Crippen LogP contribution is 2.39. The molecule has 0 unspecified atom stereocenters. The number of anilines is 1. The van der Waals surface area contributed by atoms with Crippen molar-refractivity contribution in [2.24, 2.45) is 0 Å². The maximum atomic E-state index is 15.2. The first-order chi connectivity index (χ1) is 18.2. The van der Waals surface area contributed by atoms with Gasteiger partial charge in [0.25, 0.3) is 0 Å². The van der Waals surface area contributed by atoms with Crippen LogP contribution in [0.5, 0.6) is 0 Å². The molecule has 0 radical (unpaired) electrons. The molecule has 1 aromatic carbocycles. The second-order valence-corrected chi connectivity index (χ2v) is 11.7. The van der Waals surface area contributed by atoms with Crippen LogP contribution in [0.3, 0.4) is 0 Å². The third-order valence-corrected chi connectivity index (χ3v) is 9.31. The summed E-state index contributed by atoms with van der Waals surface area (Å²) in [4.78, 5) is 19.2. The number of nitrogens with one attached hydrogen (secondary N) is 1. The topological polar surface area (TPSA) is 66.5 Å². The van der Waals surface area contributed by atoms with Crippen LogP contribution in [-0.4, -0.2) is 71.5 Å². The molecule has 9 heteroatoms. The Bertz CT molecular complexity index is 1410. The maximum Gasteiger partial charge on any atom is 0.165 e. The van der Waals surface area contributed by atoms with Gasteiger partial charge in [0.15, 0.2) is 11.6 Å². The van der Waals surface area contributed by atoms with Crippen LogP contribution in [-0.2, 0) is 16.0 Å². The minimum absolute atomic E-state index is 0.113. The van der Waals surface area contributed by atoms with Gasteiger partial charge in [-0.2, -0.15) is 0 Å². The fourth-order valence-electron chi connectivity index (χ4n) is 6.12. The summed E-state index contributed by atoms with van der Waals surface area (Å²) in [5, 5.41) is 0.801. The van der Waals surface area contributed by atoms with Crippen molar-refractivity contribution in [2.45, 2.75) is 44.2 Å². The van der Waals surface area contributed by atoms with Crippen LogP contribution in [0, 0.1) is 5.82 Å². The third kappa shape index (κ3) is 4.41. The highest BCUT2D eigenvalue weighted by Gasteiger charge is 2.37. The number of morpholine rings is 1. The molecule has 37 heavy (non-hydrogen) atoms. The minimum Gasteiger partial charge on any atom is -0.378 e. The fraction of sp³-hybridized carbons (Fsp3) is 0.500. The number of aromatic amines is 1. The largest absolute Gasteiger partial charge is 0.378 e. The Morgan fingerprint density at radius 2 is 1.86 bits per heavy atom. The predicted molar refractivity (Wildman–Crippen MR) is 145 cm³/mol. The number of hydrogen-bond acceptors (Lipinski definition) is 7. The van der Waals surface area contributed by atoms with E-state index in [1.54, 1.807) is 17.4 Å². The summed E-state index contributed by atoms with van der Waals surface area (Å²) < 4.78 is 28.1. The molecule has 0 aliphatic carbocycles. The van der Waals surface area contributed by atoms with Crippen LogP contribution in [0.4, 0.5) is 10.2 Å². The lowest BCUT2D eigenvalue weighted by molar-refractivity contribution is -0.111. The van der Waals surface area contributed by atoms with Gasteiger partial charge in [0.2, 0.25) is 0 Å². The number of benzene rings is 1. The van der Waals surface area contributed by atoms with Crippen LogP contribution in [0.25, 0.3) is 32.5 Å². The molecule has 3 saturated heterocycles. The lowest BCUT2D eigenvalue weighted by Gasteiger charge is -2.43. The van der Waals surface area contributed by atoms with Crippen LogP contribution in [0.1, 0.15) is 37.0 Å². The molecule has 7 nitrogen and oxygen atoms in total. The second-order valence-electron chi connectivity index (χ2n) is 10.5. The van der Waals surface area contributed by atoms with Gasteiger partial charge in [0.05, 0.1) is 34.6 Å². The zero-order valence-electron chi connectivity index (χ0n) is 21.0. The highest BCUT2D eigenvalue weighted by molar-refractivity contribution is 7.19. The molecule has 6 heterocycles. The Kier molecular flexibility index (Phi) is 6.11. The maximum absolute atomic E-state index is 15.2. The van der Waals surface area contributed by atoms with Gasteiger partial charge in [-0.15, -0.1) is 11.3 Å². The first kappa shape index (κ1) is 23.5. The van der Waals surface area contributed by atoms with Gasteiger partial charge in [-0.3, -0.25) is 4.90 Å². The average molecular weight is 522 g/mol. The van der Waals surface area contributed by atoms with Crippen molar-refractivity contribution in [3.63, 3.8) is 0 Å². The van der Waals surface area contributed by atoms with Crippen LogP contribution < -0.4 is 4.90 Å². The molecule has 0 amide bonds. The second kappa shape index (κ2) is 9.62. The summed E-state index contributed by atoms with van der Waals surface area (Å²) in [5.41, 5.74) is 2.34. The first-order valence-electron chi connectivity index (χ1n) is 13.4. The van der Waals surface area contributed by atoms with Gasteiger partial charge in [-0.1, -0.05) is 0 Å². The molecule has 1 spiro atoms. The highest BCUT2D eigenvalue weighted by atomic mass is 32.1. The summed E-state index contributed by atoms with van der Waals surface area (Å²) in [6, 6.07) is 7.34. The standard InChI is InChI=1S/C28H32FN5O2S/c29-21-3-4-22-20(5-9-30-22)24(21)26-31-23-17-19(37-25(23)27(32-26)34-12-15-35-16-13-34)18-33-10-7-28(8-11-33)6-1-2-14-36-28/h3-5,9,17,30H,1-2,6-8,10-16,18H2. The van der Waals surface area contributed by atoms with Crippen molar-refractivity contribution in [1.82, 2.24) is 19.9 Å². The Morgan fingerprint density at radius 1 is 1.00 bits per heavy atom. The van der Waals surface area contributed by atoms with Crippen LogP contribution >= 0.6 is 11.3 Å². The Labute approximate surface area is 219 Å². The Morgan fingerprint density at radius 3 is 2.68 bits per heavy atom. The van der Waals surface area contributed by atoms with Crippen molar-refractivity contribution in [3.8, 4) is 11.4 Å². The molecular formula is C28H32FN5O2S. The van der Waals surface area contributed by atoms with Crippen LogP contribution in [0.15, 0.2) is 30.5 Å². The molecule has 3 aliphatic rings. The number of piperidine rings is 1. The Hall–Kier alpha value is -2.59. The number of aromatic nitrogens is 3. The van der Waals surface area contributed by atoms with Gasteiger partial charge in [0.1, 0.15) is 5.82 Å². The van der Waals surface area contributed by atoms with Crippen LogP contribution in [0.2, 0.25) is 0 Å². The molecule has 0 saturated carbocycles.